The van der Waals surface area contributed by atoms with Crippen LogP contribution in [-0.4, -0.2) is 48.4 Å². The molecule has 0 spiro atoms. The summed E-state index contributed by atoms with van der Waals surface area (Å²) in [5.41, 5.74) is 0. The van der Waals surface area contributed by atoms with Crippen LogP contribution in [0.1, 0.15) is 32.1 Å². The van der Waals surface area contributed by atoms with E-state index in [-0.39, 0.29) is 30.3 Å². The number of halogens is 1. The van der Waals surface area contributed by atoms with E-state index < -0.39 is 0 Å². The molecule has 0 aromatic carbocycles. The van der Waals surface area contributed by atoms with Gasteiger partial charge in [-0.05, 0) is 38.1 Å². The third-order valence-electron chi connectivity index (χ3n) is 3.93. The largest absolute Gasteiger partial charge is 0.350 e. The zero-order valence-corrected chi connectivity index (χ0v) is 11.9. The maximum absolute atomic E-state index is 11.7. The summed E-state index contributed by atoms with van der Waals surface area (Å²) >= 11 is 0. The molecule has 108 valence electrons. The van der Waals surface area contributed by atoms with Gasteiger partial charge in [0.15, 0.2) is 0 Å². The number of hydrogen-bond acceptors (Lipinski definition) is 3. The molecule has 5 nitrogen and oxygen atoms in total. The van der Waals surface area contributed by atoms with Gasteiger partial charge in [-0.3, -0.25) is 9.59 Å². The molecular formula is C13H22ClN3O2. The zero-order valence-electron chi connectivity index (χ0n) is 11.1. The molecule has 0 radical (unpaired) electrons. The van der Waals surface area contributed by atoms with E-state index in [1.54, 1.807) is 0 Å². The minimum absolute atomic E-state index is 0. The Balaban J connectivity index is 0.00000133. The maximum atomic E-state index is 11.7. The molecule has 2 amide bonds. The Hall–Kier alpha value is -0.810. The van der Waals surface area contributed by atoms with Crippen molar-refractivity contribution >= 4 is 24.2 Å². The van der Waals surface area contributed by atoms with Gasteiger partial charge in [-0.15, -0.1) is 12.4 Å². The van der Waals surface area contributed by atoms with Crippen LogP contribution in [0.5, 0.6) is 0 Å². The molecule has 3 rings (SSSR count). The van der Waals surface area contributed by atoms with Gasteiger partial charge in [0.05, 0.1) is 12.6 Å². The highest BCUT2D eigenvalue weighted by Gasteiger charge is 2.39. The van der Waals surface area contributed by atoms with Crippen molar-refractivity contribution in [3.63, 3.8) is 0 Å². The van der Waals surface area contributed by atoms with Gasteiger partial charge in [-0.1, -0.05) is 0 Å². The smallest absolute Gasteiger partial charge is 0.234 e. The third kappa shape index (κ3) is 4.08. The Morgan fingerprint density at radius 3 is 2.63 bits per heavy atom. The summed E-state index contributed by atoms with van der Waals surface area (Å²) in [4.78, 5) is 25.3. The van der Waals surface area contributed by atoms with Crippen molar-refractivity contribution in [2.45, 2.75) is 44.2 Å². The summed E-state index contributed by atoms with van der Waals surface area (Å²) in [5.74, 6) is 1.01. The quantitative estimate of drug-likeness (QED) is 0.738. The number of rotatable bonds is 6. The first kappa shape index (κ1) is 14.6. The first-order chi connectivity index (χ1) is 8.72. The topological polar surface area (TPSA) is 61.4 Å². The van der Waals surface area contributed by atoms with E-state index in [2.05, 4.69) is 10.6 Å². The molecule has 1 saturated heterocycles. The Morgan fingerprint density at radius 1 is 1.26 bits per heavy atom. The van der Waals surface area contributed by atoms with Crippen molar-refractivity contribution in [2.75, 3.05) is 19.6 Å². The standard InChI is InChI=1S/C13H21N3O2.ClH/c17-12(7-14-6-9-1-2-9)15-10-5-13(18)16(8-10)11-3-4-11;/h9-11,14H,1-8H2,(H,15,17);1H. The van der Waals surface area contributed by atoms with Gasteiger partial charge in [-0.25, -0.2) is 0 Å². The van der Waals surface area contributed by atoms with E-state index in [4.69, 9.17) is 0 Å². The third-order valence-corrected chi connectivity index (χ3v) is 3.93. The molecule has 0 bridgehead atoms. The Labute approximate surface area is 119 Å². The van der Waals surface area contributed by atoms with Crippen molar-refractivity contribution in [2.24, 2.45) is 5.92 Å². The van der Waals surface area contributed by atoms with E-state index in [0.29, 0.717) is 25.6 Å². The molecule has 1 unspecified atom stereocenters. The number of nitrogens with one attached hydrogen (secondary N) is 2. The fraction of sp³-hybridized carbons (Fsp3) is 0.846. The van der Waals surface area contributed by atoms with Crippen LogP contribution in [0.2, 0.25) is 0 Å². The number of nitrogens with zero attached hydrogens (tertiary/aromatic N) is 1. The molecule has 3 aliphatic rings. The van der Waals surface area contributed by atoms with E-state index >= 15 is 0 Å². The molecule has 1 heterocycles. The van der Waals surface area contributed by atoms with Crippen LogP contribution in [0.25, 0.3) is 0 Å². The summed E-state index contributed by atoms with van der Waals surface area (Å²) in [5, 5.41) is 6.12. The van der Waals surface area contributed by atoms with Crippen LogP contribution in [0.3, 0.4) is 0 Å². The fourth-order valence-corrected chi connectivity index (χ4v) is 2.56. The predicted octanol–water partition coefficient (Wildman–Crippen LogP) is 0.287. The van der Waals surface area contributed by atoms with Gasteiger partial charge in [-0.2, -0.15) is 0 Å². The lowest BCUT2D eigenvalue weighted by molar-refractivity contribution is -0.128. The lowest BCUT2D eigenvalue weighted by atomic mass is 10.2. The Morgan fingerprint density at radius 2 is 2.00 bits per heavy atom. The van der Waals surface area contributed by atoms with E-state index in [9.17, 15) is 9.59 Å². The van der Waals surface area contributed by atoms with Crippen LogP contribution in [0, 0.1) is 5.92 Å². The summed E-state index contributed by atoms with van der Waals surface area (Å²) in [6.07, 6.45) is 5.33. The van der Waals surface area contributed by atoms with Crippen molar-refractivity contribution in [3.05, 3.63) is 0 Å². The summed E-state index contributed by atoms with van der Waals surface area (Å²) in [7, 11) is 0. The number of amides is 2. The second kappa shape index (κ2) is 6.09. The molecular weight excluding hydrogens is 266 g/mol. The molecule has 0 aromatic heterocycles. The van der Waals surface area contributed by atoms with E-state index in [1.165, 1.54) is 12.8 Å². The van der Waals surface area contributed by atoms with E-state index in [0.717, 1.165) is 25.3 Å². The number of likely N-dealkylation sites (tertiary alicyclic amines) is 1. The van der Waals surface area contributed by atoms with Crippen molar-refractivity contribution in [3.8, 4) is 0 Å². The molecule has 3 fully saturated rings. The lowest BCUT2D eigenvalue weighted by Crippen LogP contribution is -2.42. The minimum Gasteiger partial charge on any atom is -0.350 e. The molecule has 1 atom stereocenters. The monoisotopic (exact) mass is 287 g/mol. The second-order valence-electron chi connectivity index (χ2n) is 5.82. The van der Waals surface area contributed by atoms with Gasteiger partial charge in [0.1, 0.15) is 0 Å². The van der Waals surface area contributed by atoms with Crippen LogP contribution >= 0.6 is 12.4 Å². The van der Waals surface area contributed by atoms with Gasteiger partial charge < -0.3 is 15.5 Å². The number of carbonyl (C=O) groups is 2. The molecule has 1 aliphatic heterocycles. The summed E-state index contributed by atoms with van der Waals surface area (Å²) in [6.45, 7) is 2.04. The minimum atomic E-state index is 0. The second-order valence-corrected chi connectivity index (χ2v) is 5.82. The van der Waals surface area contributed by atoms with E-state index in [1.807, 2.05) is 4.90 Å². The van der Waals surface area contributed by atoms with Crippen molar-refractivity contribution < 1.29 is 9.59 Å². The van der Waals surface area contributed by atoms with Crippen LogP contribution in [-0.2, 0) is 9.59 Å². The number of carbonyl (C=O) groups excluding carboxylic acids is 2. The highest BCUT2D eigenvalue weighted by atomic mass is 35.5. The van der Waals surface area contributed by atoms with Gasteiger partial charge in [0.25, 0.3) is 0 Å². The Bertz CT molecular complexity index is 356. The molecule has 2 saturated carbocycles. The summed E-state index contributed by atoms with van der Waals surface area (Å²) in [6, 6.07) is 0.487. The van der Waals surface area contributed by atoms with Crippen LogP contribution in [0.15, 0.2) is 0 Å². The molecule has 2 N–H and O–H groups in total. The highest BCUT2D eigenvalue weighted by Crippen LogP contribution is 2.30. The normalized spacial score (nSPS) is 26.2. The van der Waals surface area contributed by atoms with Crippen molar-refractivity contribution in [1.29, 1.82) is 0 Å². The Kier molecular flexibility index (Phi) is 4.68. The molecule has 6 heteroatoms. The highest BCUT2D eigenvalue weighted by molar-refractivity contribution is 5.85. The lowest BCUT2D eigenvalue weighted by Gasteiger charge is -2.16. The van der Waals surface area contributed by atoms with Crippen molar-refractivity contribution in [1.82, 2.24) is 15.5 Å². The molecule has 19 heavy (non-hydrogen) atoms. The van der Waals surface area contributed by atoms with Crippen LogP contribution in [0.4, 0.5) is 0 Å². The van der Waals surface area contributed by atoms with Gasteiger partial charge >= 0.3 is 0 Å². The van der Waals surface area contributed by atoms with Gasteiger partial charge in [0, 0.05) is 19.0 Å². The molecule has 2 aliphatic carbocycles. The maximum Gasteiger partial charge on any atom is 0.234 e. The fourth-order valence-electron chi connectivity index (χ4n) is 2.56. The zero-order chi connectivity index (χ0) is 12.5. The van der Waals surface area contributed by atoms with Gasteiger partial charge in [0.2, 0.25) is 11.8 Å². The SMILES string of the molecule is Cl.O=C(CNCC1CC1)NC1CC(=O)N(C2CC2)C1. The molecule has 0 aromatic rings. The predicted molar refractivity (Wildman–Crippen MR) is 74.1 cm³/mol. The first-order valence-corrected chi connectivity index (χ1v) is 7.02. The summed E-state index contributed by atoms with van der Waals surface area (Å²) < 4.78 is 0. The number of hydrogen-bond donors (Lipinski definition) is 2. The average Bonchev–Trinajstić information content (AvgIpc) is 3.21. The average molecular weight is 288 g/mol. The van der Waals surface area contributed by atoms with Crippen LogP contribution < -0.4 is 10.6 Å². The first-order valence-electron chi connectivity index (χ1n) is 7.02.